The Labute approximate surface area is 120 Å². The van der Waals surface area contributed by atoms with Crippen LogP contribution < -0.4 is 5.43 Å². The van der Waals surface area contributed by atoms with Gasteiger partial charge in [0.05, 0.1) is 19.3 Å². The first-order valence-corrected chi connectivity index (χ1v) is 7.29. The summed E-state index contributed by atoms with van der Waals surface area (Å²) in [7, 11) is 0. The van der Waals surface area contributed by atoms with E-state index in [0.717, 1.165) is 47.5 Å². The minimum atomic E-state index is 0.157. The number of benzene rings is 1. The van der Waals surface area contributed by atoms with Crippen molar-refractivity contribution in [2.45, 2.75) is 13.0 Å². The standard InChI is InChI=1S/C14H17BrN2O2/c1-10(16-17-4-6-18-7-5-17)14-9-11-8-12(15)2-3-13(11)19-14/h2-3,8-10,16H,4-7H2,1H3. The molecular weight excluding hydrogens is 308 g/mol. The van der Waals surface area contributed by atoms with Crippen molar-refractivity contribution in [3.8, 4) is 0 Å². The largest absolute Gasteiger partial charge is 0.459 e. The minimum absolute atomic E-state index is 0.157. The first-order chi connectivity index (χ1) is 9.22. The predicted octanol–water partition coefficient (Wildman–Crippen LogP) is 3.09. The Bertz CT molecular complexity index is 564. The highest BCUT2D eigenvalue weighted by Gasteiger charge is 2.16. The van der Waals surface area contributed by atoms with Crippen molar-refractivity contribution in [3.63, 3.8) is 0 Å². The van der Waals surface area contributed by atoms with Gasteiger partial charge < -0.3 is 9.15 Å². The van der Waals surface area contributed by atoms with Crippen LogP contribution >= 0.6 is 15.9 Å². The number of nitrogens with zero attached hydrogens (tertiary/aromatic N) is 1. The van der Waals surface area contributed by atoms with Crippen LogP contribution in [0.4, 0.5) is 0 Å². The number of hydrogen-bond donors (Lipinski definition) is 1. The maximum atomic E-state index is 5.89. The summed E-state index contributed by atoms with van der Waals surface area (Å²) in [6.45, 7) is 5.51. The molecule has 1 aromatic heterocycles. The van der Waals surface area contributed by atoms with E-state index < -0.39 is 0 Å². The summed E-state index contributed by atoms with van der Waals surface area (Å²) in [6.07, 6.45) is 0. The fourth-order valence-electron chi connectivity index (χ4n) is 2.28. The van der Waals surface area contributed by atoms with Crippen LogP contribution in [0.2, 0.25) is 0 Å². The Hall–Kier alpha value is -0.880. The van der Waals surface area contributed by atoms with Crippen LogP contribution in [-0.2, 0) is 4.74 Å². The zero-order valence-electron chi connectivity index (χ0n) is 10.9. The van der Waals surface area contributed by atoms with Gasteiger partial charge in [-0.3, -0.25) is 0 Å². The number of halogens is 1. The van der Waals surface area contributed by atoms with E-state index in [2.05, 4.69) is 45.4 Å². The SMILES string of the molecule is CC(NN1CCOCC1)c1cc2cc(Br)ccc2o1. The van der Waals surface area contributed by atoms with Gasteiger partial charge in [-0.05, 0) is 31.2 Å². The van der Waals surface area contributed by atoms with Crippen LogP contribution in [0.3, 0.4) is 0 Å². The molecular formula is C14H17BrN2O2. The van der Waals surface area contributed by atoms with Gasteiger partial charge in [-0.1, -0.05) is 15.9 Å². The molecule has 19 heavy (non-hydrogen) atoms. The average molecular weight is 325 g/mol. The van der Waals surface area contributed by atoms with Crippen LogP contribution in [0.1, 0.15) is 18.7 Å². The van der Waals surface area contributed by atoms with Crippen LogP contribution in [0.5, 0.6) is 0 Å². The number of rotatable bonds is 3. The molecule has 1 atom stereocenters. The topological polar surface area (TPSA) is 37.6 Å². The zero-order chi connectivity index (χ0) is 13.2. The Kier molecular flexibility index (Phi) is 3.88. The summed E-state index contributed by atoms with van der Waals surface area (Å²) in [5, 5.41) is 3.32. The number of hydrogen-bond acceptors (Lipinski definition) is 4. The average Bonchev–Trinajstić information content (AvgIpc) is 2.83. The highest BCUT2D eigenvalue weighted by Crippen LogP contribution is 2.26. The maximum absolute atomic E-state index is 5.89. The first kappa shape index (κ1) is 13.1. The monoisotopic (exact) mass is 324 g/mol. The molecule has 1 unspecified atom stereocenters. The second-order valence-corrected chi connectivity index (χ2v) is 5.70. The molecule has 0 aliphatic carbocycles. The van der Waals surface area contributed by atoms with Crippen molar-refractivity contribution >= 4 is 26.9 Å². The molecule has 5 heteroatoms. The molecule has 1 saturated heterocycles. The predicted molar refractivity (Wildman–Crippen MR) is 77.9 cm³/mol. The lowest BCUT2D eigenvalue weighted by Gasteiger charge is -2.29. The molecule has 1 aliphatic rings. The molecule has 4 nitrogen and oxygen atoms in total. The van der Waals surface area contributed by atoms with Crippen molar-refractivity contribution < 1.29 is 9.15 Å². The number of furan rings is 1. The number of nitrogens with one attached hydrogen (secondary N) is 1. The molecule has 1 N–H and O–H groups in total. The van der Waals surface area contributed by atoms with Gasteiger partial charge in [0.1, 0.15) is 11.3 Å². The molecule has 2 heterocycles. The highest BCUT2D eigenvalue weighted by molar-refractivity contribution is 9.10. The van der Waals surface area contributed by atoms with Gasteiger partial charge in [0.2, 0.25) is 0 Å². The third kappa shape index (κ3) is 3.00. The number of morpholine rings is 1. The highest BCUT2D eigenvalue weighted by atomic mass is 79.9. The van der Waals surface area contributed by atoms with Gasteiger partial charge in [-0.15, -0.1) is 0 Å². The van der Waals surface area contributed by atoms with Gasteiger partial charge in [-0.25, -0.2) is 10.4 Å². The third-order valence-corrected chi connectivity index (χ3v) is 3.80. The summed E-state index contributed by atoms with van der Waals surface area (Å²) < 4.78 is 12.3. The van der Waals surface area contributed by atoms with Gasteiger partial charge in [0.15, 0.2) is 0 Å². The van der Waals surface area contributed by atoms with Gasteiger partial charge in [-0.2, -0.15) is 0 Å². The van der Waals surface area contributed by atoms with Gasteiger partial charge >= 0.3 is 0 Å². The lowest BCUT2D eigenvalue weighted by Crippen LogP contribution is -2.46. The van der Waals surface area contributed by atoms with Crippen molar-refractivity contribution in [1.82, 2.24) is 10.4 Å². The van der Waals surface area contributed by atoms with E-state index in [1.165, 1.54) is 0 Å². The van der Waals surface area contributed by atoms with Gasteiger partial charge in [0.25, 0.3) is 0 Å². The third-order valence-electron chi connectivity index (χ3n) is 3.31. The number of ether oxygens (including phenoxy) is 1. The summed E-state index contributed by atoms with van der Waals surface area (Å²) in [5.41, 5.74) is 4.38. The van der Waals surface area contributed by atoms with Crippen LogP contribution in [0.15, 0.2) is 33.2 Å². The fraction of sp³-hybridized carbons (Fsp3) is 0.429. The smallest absolute Gasteiger partial charge is 0.134 e. The molecule has 1 aromatic carbocycles. The quantitative estimate of drug-likeness (QED) is 0.941. The number of hydrazine groups is 1. The lowest BCUT2D eigenvalue weighted by atomic mass is 10.2. The molecule has 102 valence electrons. The molecule has 1 fully saturated rings. The molecule has 0 spiro atoms. The van der Waals surface area contributed by atoms with E-state index in [-0.39, 0.29) is 6.04 Å². The van der Waals surface area contributed by atoms with Crippen LogP contribution in [0, 0.1) is 0 Å². The molecule has 0 radical (unpaired) electrons. The van der Waals surface area contributed by atoms with E-state index in [1.54, 1.807) is 0 Å². The summed E-state index contributed by atoms with van der Waals surface area (Å²) in [6, 6.07) is 8.31. The first-order valence-electron chi connectivity index (χ1n) is 6.50. The molecule has 0 bridgehead atoms. The van der Waals surface area contributed by atoms with E-state index in [9.17, 15) is 0 Å². The summed E-state index contributed by atoms with van der Waals surface area (Å²) in [4.78, 5) is 0. The van der Waals surface area contributed by atoms with Crippen molar-refractivity contribution in [3.05, 3.63) is 34.5 Å². The normalized spacial score (nSPS) is 18.8. The minimum Gasteiger partial charge on any atom is -0.459 e. The van der Waals surface area contributed by atoms with Gasteiger partial charge in [0, 0.05) is 22.9 Å². The Balaban J connectivity index is 1.75. The van der Waals surface area contributed by atoms with E-state index in [1.807, 2.05) is 12.1 Å². The molecule has 0 saturated carbocycles. The van der Waals surface area contributed by atoms with Crippen molar-refractivity contribution in [2.24, 2.45) is 0 Å². The molecule has 1 aliphatic heterocycles. The van der Waals surface area contributed by atoms with Crippen LogP contribution in [0.25, 0.3) is 11.0 Å². The van der Waals surface area contributed by atoms with E-state index in [0.29, 0.717) is 0 Å². The second kappa shape index (κ2) is 5.63. The van der Waals surface area contributed by atoms with E-state index >= 15 is 0 Å². The fourth-order valence-corrected chi connectivity index (χ4v) is 2.66. The Morgan fingerprint density at radius 1 is 1.26 bits per heavy atom. The number of fused-ring (bicyclic) bond motifs is 1. The summed E-state index contributed by atoms with van der Waals surface area (Å²) >= 11 is 3.48. The lowest BCUT2D eigenvalue weighted by molar-refractivity contribution is 0.00331. The van der Waals surface area contributed by atoms with E-state index in [4.69, 9.17) is 9.15 Å². The second-order valence-electron chi connectivity index (χ2n) is 4.78. The van der Waals surface area contributed by atoms with Crippen molar-refractivity contribution in [2.75, 3.05) is 26.3 Å². The molecule has 2 aromatic rings. The zero-order valence-corrected chi connectivity index (χ0v) is 12.4. The van der Waals surface area contributed by atoms with Crippen molar-refractivity contribution in [1.29, 1.82) is 0 Å². The molecule has 0 amide bonds. The Morgan fingerprint density at radius 2 is 2.05 bits per heavy atom. The van der Waals surface area contributed by atoms with Crippen LogP contribution in [-0.4, -0.2) is 31.3 Å². The Morgan fingerprint density at radius 3 is 2.84 bits per heavy atom. The maximum Gasteiger partial charge on any atom is 0.134 e. The molecule has 3 rings (SSSR count). The summed E-state index contributed by atoms with van der Waals surface area (Å²) in [5.74, 6) is 0.958.